The minimum absolute atomic E-state index is 0.311. The number of aliphatic imine (C=N–C) groups is 1. The van der Waals surface area contributed by atoms with Crippen LogP contribution in [0.5, 0.6) is 0 Å². The van der Waals surface area contributed by atoms with Crippen molar-refractivity contribution in [2.24, 2.45) is 10.4 Å². The van der Waals surface area contributed by atoms with E-state index in [1.807, 2.05) is 0 Å². The molecule has 0 amide bonds. The molecule has 2 aliphatic rings. The molecule has 2 N–H and O–H groups in total. The third kappa shape index (κ3) is 4.19. The number of nitrogens with one attached hydrogen (secondary N) is 2. The maximum atomic E-state index is 4.45. The van der Waals surface area contributed by atoms with Crippen molar-refractivity contribution in [1.29, 1.82) is 0 Å². The summed E-state index contributed by atoms with van der Waals surface area (Å²) in [5, 5.41) is 6.76. The number of hydrogen-bond donors (Lipinski definition) is 2. The van der Waals surface area contributed by atoms with Crippen molar-refractivity contribution < 1.29 is 0 Å². The first-order valence-corrected chi connectivity index (χ1v) is 6.90. The lowest BCUT2D eigenvalue weighted by Gasteiger charge is -2.31. The first kappa shape index (κ1) is 12.7. The first-order valence-electron chi connectivity index (χ1n) is 6.90. The summed E-state index contributed by atoms with van der Waals surface area (Å²) in [5.41, 5.74) is 0.311. The lowest BCUT2D eigenvalue weighted by molar-refractivity contribution is 0.210. The molecule has 98 valence electrons. The molecule has 4 heteroatoms. The summed E-state index contributed by atoms with van der Waals surface area (Å²) in [5.74, 6) is 0.991. The highest BCUT2D eigenvalue weighted by atomic mass is 15.2. The second-order valence-corrected chi connectivity index (χ2v) is 6.01. The average Bonchev–Trinajstić information content (AvgIpc) is 2.80. The summed E-state index contributed by atoms with van der Waals surface area (Å²) >= 11 is 0. The van der Waals surface area contributed by atoms with Crippen LogP contribution in [-0.2, 0) is 0 Å². The largest absolute Gasteiger partial charge is 0.356 e. The van der Waals surface area contributed by atoms with Crippen LogP contribution in [0.3, 0.4) is 0 Å². The maximum absolute atomic E-state index is 4.45. The van der Waals surface area contributed by atoms with Gasteiger partial charge in [-0.2, -0.15) is 0 Å². The monoisotopic (exact) mass is 238 g/mol. The lowest BCUT2D eigenvalue weighted by Crippen LogP contribution is -2.47. The zero-order chi connectivity index (χ0) is 12.1. The molecule has 1 fully saturated rings. The van der Waals surface area contributed by atoms with Gasteiger partial charge in [0.2, 0.25) is 0 Å². The molecule has 0 saturated carbocycles. The maximum Gasteiger partial charge on any atom is 0.191 e. The van der Waals surface area contributed by atoms with E-state index < -0.39 is 0 Å². The molecule has 0 bridgehead atoms. The van der Waals surface area contributed by atoms with Crippen LogP contribution in [-0.4, -0.2) is 50.1 Å². The van der Waals surface area contributed by atoms with E-state index in [4.69, 9.17) is 0 Å². The molecule has 0 unspecified atom stereocenters. The molecule has 0 radical (unpaired) electrons. The quantitative estimate of drug-likeness (QED) is 0.769. The predicted molar refractivity (Wildman–Crippen MR) is 72.4 cm³/mol. The Morgan fingerprint density at radius 3 is 2.71 bits per heavy atom. The molecule has 4 nitrogen and oxygen atoms in total. The summed E-state index contributed by atoms with van der Waals surface area (Å²) in [6.45, 7) is 11.4. The van der Waals surface area contributed by atoms with E-state index in [0.717, 1.165) is 32.0 Å². The second kappa shape index (κ2) is 5.71. The van der Waals surface area contributed by atoms with Gasteiger partial charge in [-0.05, 0) is 37.8 Å². The smallest absolute Gasteiger partial charge is 0.191 e. The summed E-state index contributed by atoms with van der Waals surface area (Å²) in [7, 11) is 0. The van der Waals surface area contributed by atoms with Gasteiger partial charge in [-0.1, -0.05) is 13.8 Å². The number of nitrogens with zero attached hydrogens (tertiary/aromatic N) is 2. The minimum atomic E-state index is 0.311. The Kier molecular flexibility index (Phi) is 4.26. The first-order chi connectivity index (χ1) is 8.16. The summed E-state index contributed by atoms with van der Waals surface area (Å²) in [6, 6.07) is 0. The van der Waals surface area contributed by atoms with Crippen molar-refractivity contribution in [3.8, 4) is 0 Å². The molecular weight excluding hydrogens is 212 g/mol. The predicted octanol–water partition coefficient (Wildman–Crippen LogP) is 1.05. The molecule has 0 spiro atoms. The van der Waals surface area contributed by atoms with Gasteiger partial charge in [-0.3, -0.25) is 4.99 Å². The Hall–Kier alpha value is -0.770. The van der Waals surface area contributed by atoms with Crippen molar-refractivity contribution in [1.82, 2.24) is 15.5 Å². The van der Waals surface area contributed by atoms with Gasteiger partial charge in [0.1, 0.15) is 0 Å². The van der Waals surface area contributed by atoms with Gasteiger partial charge in [-0.15, -0.1) is 0 Å². The van der Waals surface area contributed by atoms with E-state index in [1.54, 1.807) is 0 Å². The molecule has 0 aliphatic carbocycles. The van der Waals surface area contributed by atoms with Crippen LogP contribution in [0.15, 0.2) is 4.99 Å². The Balaban J connectivity index is 1.73. The normalized spacial score (nSPS) is 22.1. The van der Waals surface area contributed by atoms with Crippen LogP contribution in [0, 0.1) is 5.41 Å². The molecule has 0 aromatic heterocycles. The topological polar surface area (TPSA) is 39.7 Å². The molecule has 1 saturated heterocycles. The number of guanidine groups is 1. The van der Waals surface area contributed by atoms with E-state index in [2.05, 4.69) is 34.4 Å². The molecule has 0 atom stereocenters. The van der Waals surface area contributed by atoms with Crippen LogP contribution in [0.4, 0.5) is 0 Å². The van der Waals surface area contributed by atoms with Gasteiger partial charge >= 0.3 is 0 Å². The van der Waals surface area contributed by atoms with E-state index in [1.165, 1.54) is 32.5 Å². The number of likely N-dealkylation sites (tertiary alicyclic amines) is 1. The Labute approximate surface area is 105 Å². The van der Waals surface area contributed by atoms with Crippen LogP contribution in [0.2, 0.25) is 0 Å². The Morgan fingerprint density at radius 1 is 1.29 bits per heavy atom. The molecule has 0 aromatic rings. The highest BCUT2D eigenvalue weighted by Gasteiger charge is 2.24. The SMILES string of the molecule is CC(C)(CNC1=NCCCN1)CN1CCCC1. The number of rotatable bonds is 4. The van der Waals surface area contributed by atoms with Crippen LogP contribution in [0.1, 0.15) is 33.1 Å². The van der Waals surface area contributed by atoms with Gasteiger partial charge in [0, 0.05) is 26.2 Å². The fraction of sp³-hybridized carbons (Fsp3) is 0.923. The third-order valence-electron chi connectivity index (χ3n) is 3.48. The van der Waals surface area contributed by atoms with Crippen molar-refractivity contribution in [3.05, 3.63) is 0 Å². The van der Waals surface area contributed by atoms with Crippen LogP contribution < -0.4 is 10.6 Å². The Morgan fingerprint density at radius 2 is 2.06 bits per heavy atom. The summed E-state index contributed by atoms with van der Waals surface area (Å²) in [4.78, 5) is 7.03. The van der Waals surface area contributed by atoms with Gasteiger partial charge in [0.15, 0.2) is 5.96 Å². The fourth-order valence-corrected chi connectivity index (χ4v) is 2.58. The van der Waals surface area contributed by atoms with Gasteiger partial charge in [-0.25, -0.2) is 0 Å². The van der Waals surface area contributed by atoms with Gasteiger partial charge < -0.3 is 15.5 Å². The van der Waals surface area contributed by atoms with Crippen LogP contribution >= 0.6 is 0 Å². The van der Waals surface area contributed by atoms with E-state index in [0.29, 0.717) is 5.41 Å². The van der Waals surface area contributed by atoms with Crippen molar-refractivity contribution in [2.75, 3.05) is 39.3 Å². The summed E-state index contributed by atoms with van der Waals surface area (Å²) < 4.78 is 0. The minimum Gasteiger partial charge on any atom is -0.356 e. The fourth-order valence-electron chi connectivity index (χ4n) is 2.58. The zero-order valence-corrected chi connectivity index (χ0v) is 11.3. The highest BCUT2D eigenvalue weighted by molar-refractivity contribution is 5.80. The molecular formula is C13H26N4. The van der Waals surface area contributed by atoms with Crippen LogP contribution in [0.25, 0.3) is 0 Å². The van der Waals surface area contributed by atoms with E-state index >= 15 is 0 Å². The van der Waals surface area contributed by atoms with E-state index in [9.17, 15) is 0 Å². The average molecular weight is 238 g/mol. The zero-order valence-electron chi connectivity index (χ0n) is 11.3. The highest BCUT2D eigenvalue weighted by Crippen LogP contribution is 2.19. The molecule has 2 aliphatic heterocycles. The second-order valence-electron chi connectivity index (χ2n) is 6.01. The van der Waals surface area contributed by atoms with E-state index in [-0.39, 0.29) is 0 Å². The van der Waals surface area contributed by atoms with Crippen molar-refractivity contribution >= 4 is 5.96 Å². The molecule has 0 aromatic carbocycles. The number of hydrogen-bond acceptors (Lipinski definition) is 4. The van der Waals surface area contributed by atoms with Crippen molar-refractivity contribution in [3.63, 3.8) is 0 Å². The summed E-state index contributed by atoms with van der Waals surface area (Å²) in [6.07, 6.45) is 3.90. The molecule has 2 heterocycles. The van der Waals surface area contributed by atoms with Gasteiger partial charge in [0.25, 0.3) is 0 Å². The molecule has 17 heavy (non-hydrogen) atoms. The lowest BCUT2D eigenvalue weighted by atomic mass is 9.93. The third-order valence-corrected chi connectivity index (χ3v) is 3.48. The van der Waals surface area contributed by atoms with Gasteiger partial charge in [0.05, 0.1) is 0 Å². The molecule has 2 rings (SSSR count). The standard InChI is InChI=1S/C13H26N4/c1-13(2,11-17-8-3-4-9-17)10-16-12-14-6-5-7-15-12/h3-11H2,1-2H3,(H2,14,15,16). The van der Waals surface area contributed by atoms with Crippen molar-refractivity contribution in [2.45, 2.75) is 33.1 Å². The Bertz CT molecular complexity index is 267.